The van der Waals surface area contributed by atoms with Gasteiger partial charge in [-0.15, -0.1) is 5.10 Å². The zero-order chi connectivity index (χ0) is 15.3. The average Bonchev–Trinajstić information content (AvgIpc) is 3.22. The van der Waals surface area contributed by atoms with E-state index in [1.807, 2.05) is 13.0 Å². The molecule has 2 aliphatic rings. The molecule has 2 bridgehead atoms. The van der Waals surface area contributed by atoms with Crippen LogP contribution in [0, 0.1) is 24.7 Å². The number of fused-ring (bicyclic) bond motifs is 3. The van der Waals surface area contributed by atoms with Gasteiger partial charge in [-0.2, -0.15) is 4.98 Å². The van der Waals surface area contributed by atoms with Crippen molar-refractivity contribution in [3.63, 3.8) is 0 Å². The molecule has 4 atom stereocenters. The highest BCUT2D eigenvalue weighted by molar-refractivity contribution is 5.91. The first kappa shape index (κ1) is 13.7. The molecule has 1 amide bonds. The summed E-state index contributed by atoms with van der Waals surface area (Å²) in [5.74, 6) is 2.77. The molecule has 0 radical (unpaired) electrons. The smallest absolute Gasteiger partial charge is 0.291 e. The number of hydrogen-bond acceptors (Lipinski definition) is 4. The normalized spacial score (nSPS) is 28.2. The Morgan fingerprint density at radius 1 is 1.41 bits per heavy atom. The number of rotatable bonds is 3. The van der Waals surface area contributed by atoms with Gasteiger partial charge in [0.05, 0.1) is 0 Å². The van der Waals surface area contributed by atoms with Crippen LogP contribution >= 0.6 is 0 Å². The summed E-state index contributed by atoms with van der Waals surface area (Å²) >= 11 is 0. The molecule has 22 heavy (non-hydrogen) atoms. The highest BCUT2D eigenvalue weighted by Gasteiger charge is 2.42. The molecule has 2 heterocycles. The maximum Gasteiger partial charge on any atom is 0.291 e. The van der Waals surface area contributed by atoms with Crippen LogP contribution < -0.4 is 5.32 Å². The SMILES string of the molecule is Cc1ccnc2nc(C(=O)NC(C)C3CC4CCC3C4)nn12. The highest BCUT2D eigenvalue weighted by atomic mass is 16.2. The van der Waals surface area contributed by atoms with E-state index in [0.29, 0.717) is 11.7 Å². The number of amides is 1. The van der Waals surface area contributed by atoms with E-state index in [1.54, 1.807) is 10.7 Å². The molecule has 0 saturated heterocycles. The number of aromatic nitrogens is 4. The zero-order valence-electron chi connectivity index (χ0n) is 13.0. The molecule has 2 aromatic heterocycles. The first-order valence-electron chi connectivity index (χ1n) is 8.11. The molecular weight excluding hydrogens is 278 g/mol. The predicted molar refractivity (Wildman–Crippen MR) is 81.4 cm³/mol. The number of aryl methyl sites for hydroxylation is 1. The summed E-state index contributed by atoms with van der Waals surface area (Å²) in [6.45, 7) is 4.03. The van der Waals surface area contributed by atoms with Crippen LogP contribution in [0.1, 0.15) is 48.9 Å². The fourth-order valence-electron chi connectivity index (χ4n) is 4.29. The van der Waals surface area contributed by atoms with Crippen LogP contribution in [0.3, 0.4) is 0 Å². The minimum Gasteiger partial charge on any atom is -0.347 e. The van der Waals surface area contributed by atoms with E-state index >= 15 is 0 Å². The fraction of sp³-hybridized carbons (Fsp3) is 0.625. The third-order valence-electron chi connectivity index (χ3n) is 5.43. The van der Waals surface area contributed by atoms with Gasteiger partial charge in [0.1, 0.15) is 0 Å². The zero-order valence-corrected chi connectivity index (χ0v) is 13.0. The first-order chi connectivity index (χ1) is 10.6. The molecule has 4 unspecified atom stereocenters. The lowest BCUT2D eigenvalue weighted by Crippen LogP contribution is -2.40. The van der Waals surface area contributed by atoms with Crippen molar-refractivity contribution in [1.29, 1.82) is 0 Å². The number of hydrogen-bond donors (Lipinski definition) is 1. The standard InChI is InChI=1S/C16H21N5O/c1-9-5-6-17-16-19-14(20-21(9)16)15(22)18-10(2)13-8-11-3-4-12(13)7-11/h5-6,10-13H,3-4,7-8H2,1-2H3,(H,18,22). The molecule has 6 nitrogen and oxygen atoms in total. The van der Waals surface area contributed by atoms with Crippen LogP contribution in [0.25, 0.3) is 5.78 Å². The molecule has 0 spiro atoms. The van der Waals surface area contributed by atoms with E-state index in [-0.39, 0.29) is 17.8 Å². The van der Waals surface area contributed by atoms with Gasteiger partial charge < -0.3 is 5.32 Å². The van der Waals surface area contributed by atoms with E-state index in [0.717, 1.165) is 17.5 Å². The van der Waals surface area contributed by atoms with E-state index < -0.39 is 0 Å². The van der Waals surface area contributed by atoms with Gasteiger partial charge >= 0.3 is 0 Å². The number of nitrogens with zero attached hydrogens (tertiary/aromatic N) is 4. The molecule has 4 rings (SSSR count). The number of carbonyl (C=O) groups excluding carboxylic acids is 1. The Hall–Kier alpha value is -1.98. The Labute approximate surface area is 129 Å². The van der Waals surface area contributed by atoms with Crippen molar-refractivity contribution in [3.8, 4) is 0 Å². The molecule has 6 heteroatoms. The molecule has 0 aliphatic heterocycles. The van der Waals surface area contributed by atoms with E-state index in [1.165, 1.54) is 25.7 Å². The highest BCUT2D eigenvalue weighted by Crippen LogP contribution is 2.49. The van der Waals surface area contributed by atoms with Crippen LogP contribution in [-0.2, 0) is 0 Å². The maximum atomic E-state index is 12.4. The molecule has 116 valence electrons. The Morgan fingerprint density at radius 2 is 2.27 bits per heavy atom. The van der Waals surface area contributed by atoms with Gasteiger partial charge in [0.25, 0.3) is 11.7 Å². The first-order valence-corrected chi connectivity index (χ1v) is 8.11. The van der Waals surface area contributed by atoms with Crippen molar-refractivity contribution in [2.24, 2.45) is 17.8 Å². The van der Waals surface area contributed by atoms with E-state index in [2.05, 4.69) is 27.3 Å². The van der Waals surface area contributed by atoms with Crippen molar-refractivity contribution in [2.75, 3.05) is 0 Å². The Balaban J connectivity index is 1.50. The minimum atomic E-state index is -0.194. The van der Waals surface area contributed by atoms with Crippen LogP contribution in [0.2, 0.25) is 0 Å². The lowest BCUT2D eigenvalue weighted by molar-refractivity contribution is 0.0905. The van der Waals surface area contributed by atoms with Crippen LogP contribution in [0.5, 0.6) is 0 Å². The topological polar surface area (TPSA) is 72.2 Å². The van der Waals surface area contributed by atoms with E-state index in [4.69, 9.17) is 0 Å². The maximum absolute atomic E-state index is 12.4. The van der Waals surface area contributed by atoms with Gasteiger partial charge in [0.15, 0.2) is 0 Å². The van der Waals surface area contributed by atoms with Crippen molar-refractivity contribution >= 4 is 11.7 Å². The van der Waals surface area contributed by atoms with E-state index in [9.17, 15) is 4.79 Å². The lowest BCUT2D eigenvalue weighted by Gasteiger charge is -2.28. The van der Waals surface area contributed by atoms with Gasteiger partial charge in [0.2, 0.25) is 5.82 Å². The van der Waals surface area contributed by atoms with Gasteiger partial charge in [-0.1, -0.05) is 6.42 Å². The molecule has 2 aliphatic carbocycles. The molecule has 1 N–H and O–H groups in total. The summed E-state index contributed by atoms with van der Waals surface area (Å²) < 4.78 is 1.61. The van der Waals surface area contributed by atoms with Crippen LogP contribution in [0.15, 0.2) is 12.3 Å². The van der Waals surface area contributed by atoms with Gasteiger partial charge in [-0.05, 0) is 56.9 Å². The second kappa shape index (κ2) is 5.04. The second-order valence-corrected chi connectivity index (χ2v) is 6.83. The van der Waals surface area contributed by atoms with Gasteiger partial charge in [-0.3, -0.25) is 4.79 Å². The quantitative estimate of drug-likeness (QED) is 0.940. The summed E-state index contributed by atoms with van der Waals surface area (Å²) in [7, 11) is 0. The molecule has 2 aromatic rings. The monoisotopic (exact) mass is 299 g/mol. The third kappa shape index (κ3) is 2.17. The van der Waals surface area contributed by atoms with Crippen molar-refractivity contribution < 1.29 is 4.79 Å². The summed E-state index contributed by atoms with van der Waals surface area (Å²) in [4.78, 5) is 20.8. The predicted octanol–water partition coefficient (Wildman–Crippen LogP) is 1.99. The van der Waals surface area contributed by atoms with Crippen LogP contribution in [-0.4, -0.2) is 31.5 Å². The van der Waals surface area contributed by atoms with Crippen molar-refractivity contribution in [2.45, 2.75) is 45.6 Å². The Kier molecular flexibility index (Phi) is 3.13. The molecule has 2 fully saturated rings. The van der Waals surface area contributed by atoms with Gasteiger partial charge in [0, 0.05) is 17.9 Å². The molecule has 2 saturated carbocycles. The second-order valence-electron chi connectivity index (χ2n) is 6.83. The largest absolute Gasteiger partial charge is 0.347 e. The van der Waals surface area contributed by atoms with Crippen molar-refractivity contribution in [3.05, 3.63) is 23.8 Å². The average molecular weight is 299 g/mol. The molecule has 0 aromatic carbocycles. The summed E-state index contributed by atoms with van der Waals surface area (Å²) in [5, 5.41) is 7.37. The summed E-state index contributed by atoms with van der Waals surface area (Å²) in [6, 6.07) is 2.03. The van der Waals surface area contributed by atoms with Crippen LogP contribution in [0.4, 0.5) is 0 Å². The minimum absolute atomic E-state index is 0.184. The molecular formula is C16H21N5O. The summed E-state index contributed by atoms with van der Waals surface area (Å²) in [5.41, 5.74) is 0.915. The Morgan fingerprint density at radius 3 is 2.95 bits per heavy atom. The Bertz CT molecular complexity index is 724. The third-order valence-corrected chi connectivity index (χ3v) is 5.43. The number of carbonyl (C=O) groups is 1. The number of nitrogens with one attached hydrogen (secondary N) is 1. The lowest BCUT2D eigenvalue weighted by atomic mass is 9.84. The van der Waals surface area contributed by atoms with Crippen molar-refractivity contribution in [1.82, 2.24) is 24.9 Å². The van der Waals surface area contributed by atoms with Gasteiger partial charge in [-0.25, -0.2) is 9.50 Å². The summed E-state index contributed by atoms with van der Waals surface area (Å²) in [6.07, 6.45) is 6.98. The fourth-order valence-corrected chi connectivity index (χ4v) is 4.29.